The summed E-state index contributed by atoms with van der Waals surface area (Å²) in [5.74, 6) is 1.11. The van der Waals surface area contributed by atoms with Gasteiger partial charge in [-0.05, 0) is 36.8 Å². The largest absolute Gasteiger partial charge is 0.352 e. The van der Waals surface area contributed by atoms with Crippen LogP contribution in [0.15, 0.2) is 40.9 Å². The highest BCUT2D eigenvalue weighted by Crippen LogP contribution is 2.28. The van der Waals surface area contributed by atoms with Crippen molar-refractivity contribution in [3.05, 3.63) is 58.6 Å². The van der Waals surface area contributed by atoms with Gasteiger partial charge in [-0.25, -0.2) is 0 Å². The molecular formula is C19H19N3O3S. The monoisotopic (exact) mass is 369 g/mol. The number of aromatic nitrogens is 2. The Balaban J connectivity index is 1.56. The third kappa shape index (κ3) is 4.23. The Morgan fingerprint density at radius 2 is 1.92 bits per heavy atom. The molecular weight excluding hydrogens is 350 g/mol. The molecule has 1 amide bonds. The van der Waals surface area contributed by atoms with Crippen molar-refractivity contribution in [2.45, 2.75) is 26.7 Å². The van der Waals surface area contributed by atoms with Crippen LogP contribution in [0.2, 0.25) is 0 Å². The fourth-order valence-electron chi connectivity index (χ4n) is 2.39. The molecule has 134 valence electrons. The number of hydrogen-bond acceptors (Lipinski definition) is 6. The lowest BCUT2D eigenvalue weighted by Gasteiger charge is -2.04. The van der Waals surface area contributed by atoms with Crippen LogP contribution in [0.4, 0.5) is 0 Å². The van der Waals surface area contributed by atoms with Crippen LogP contribution in [0.5, 0.6) is 0 Å². The second kappa shape index (κ2) is 8.05. The van der Waals surface area contributed by atoms with E-state index in [0.29, 0.717) is 36.7 Å². The maximum absolute atomic E-state index is 12.2. The Bertz CT molecular complexity index is 912. The highest BCUT2D eigenvalue weighted by atomic mass is 32.1. The van der Waals surface area contributed by atoms with E-state index in [0.717, 1.165) is 15.3 Å². The van der Waals surface area contributed by atoms with Gasteiger partial charge in [0.15, 0.2) is 11.6 Å². The van der Waals surface area contributed by atoms with E-state index in [-0.39, 0.29) is 11.7 Å². The van der Waals surface area contributed by atoms with Crippen LogP contribution >= 0.6 is 11.3 Å². The van der Waals surface area contributed by atoms with Crippen LogP contribution in [-0.2, 0) is 12.8 Å². The molecule has 0 unspecified atom stereocenters. The van der Waals surface area contributed by atoms with Gasteiger partial charge in [-0.2, -0.15) is 4.98 Å². The van der Waals surface area contributed by atoms with Crippen molar-refractivity contribution in [3.8, 4) is 10.4 Å². The topological polar surface area (TPSA) is 85.1 Å². The first-order chi connectivity index (χ1) is 12.6. The number of carbonyl (C=O) groups excluding carboxylic acids is 2. The average molecular weight is 369 g/mol. The van der Waals surface area contributed by atoms with Crippen molar-refractivity contribution in [2.75, 3.05) is 6.54 Å². The van der Waals surface area contributed by atoms with Crippen LogP contribution in [0.25, 0.3) is 10.4 Å². The van der Waals surface area contributed by atoms with Gasteiger partial charge in [0.25, 0.3) is 5.91 Å². The molecule has 3 aromatic rings. The Morgan fingerprint density at radius 3 is 2.54 bits per heavy atom. The van der Waals surface area contributed by atoms with E-state index in [4.69, 9.17) is 4.52 Å². The summed E-state index contributed by atoms with van der Waals surface area (Å²) in [4.78, 5) is 29.6. The number of nitrogens with one attached hydrogen (secondary N) is 1. The van der Waals surface area contributed by atoms with Gasteiger partial charge in [0.05, 0.1) is 4.88 Å². The summed E-state index contributed by atoms with van der Waals surface area (Å²) in [5, 5.41) is 6.71. The molecule has 0 saturated carbocycles. The normalized spacial score (nSPS) is 10.7. The van der Waals surface area contributed by atoms with Crippen LogP contribution in [0.3, 0.4) is 0 Å². The third-order valence-corrected chi connectivity index (χ3v) is 5.07. The lowest BCUT2D eigenvalue weighted by Crippen LogP contribution is -2.25. The number of thiophene rings is 1. The molecule has 2 heterocycles. The van der Waals surface area contributed by atoms with E-state index in [9.17, 15) is 9.59 Å². The van der Waals surface area contributed by atoms with E-state index < -0.39 is 0 Å². The minimum Gasteiger partial charge on any atom is -0.352 e. The predicted molar refractivity (Wildman–Crippen MR) is 99.5 cm³/mol. The second-order valence-corrected chi connectivity index (χ2v) is 6.85. The van der Waals surface area contributed by atoms with Crippen molar-refractivity contribution < 1.29 is 14.1 Å². The summed E-state index contributed by atoms with van der Waals surface area (Å²) in [6.45, 7) is 3.94. The van der Waals surface area contributed by atoms with Crippen LogP contribution in [0, 0.1) is 0 Å². The molecule has 0 saturated heterocycles. The molecule has 0 atom stereocenters. The molecule has 1 N–H and O–H groups in total. The number of nitrogens with zero attached hydrogens (tertiary/aromatic N) is 2. The van der Waals surface area contributed by atoms with Gasteiger partial charge in [-0.15, -0.1) is 11.3 Å². The highest BCUT2D eigenvalue weighted by molar-refractivity contribution is 7.17. The molecule has 0 radical (unpaired) electrons. The van der Waals surface area contributed by atoms with Crippen molar-refractivity contribution in [1.82, 2.24) is 15.5 Å². The second-order valence-electron chi connectivity index (χ2n) is 5.76. The Labute approximate surface area is 155 Å². The van der Waals surface area contributed by atoms with E-state index >= 15 is 0 Å². The molecule has 7 heteroatoms. The Hall–Kier alpha value is -2.80. The third-order valence-electron chi connectivity index (χ3n) is 3.83. The van der Waals surface area contributed by atoms with E-state index in [1.54, 1.807) is 19.1 Å². The van der Waals surface area contributed by atoms with Crippen molar-refractivity contribution in [2.24, 2.45) is 0 Å². The molecule has 0 spiro atoms. The summed E-state index contributed by atoms with van der Waals surface area (Å²) in [7, 11) is 0. The van der Waals surface area contributed by atoms with Crippen molar-refractivity contribution in [1.29, 1.82) is 0 Å². The van der Waals surface area contributed by atoms with Gasteiger partial charge in [0.1, 0.15) is 0 Å². The highest BCUT2D eigenvalue weighted by Gasteiger charge is 2.10. The molecule has 26 heavy (non-hydrogen) atoms. The Kier molecular flexibility index (Phi) is 5.58. The minimum atomic E-state index is -0.147. The lowest BCUT2D eigenvalue weighted by atomic mass is 10.1. The molecule has 0 fully saturated rings. The zero-order valence-corrected chi connectivity index (χ0v) is 15.4. The van der Waals surface area contributed by atoms with Gasteiger partial charge in [0.2, 0.25) is 5.89 Å². The maximum atomic E-state index is 12.2. The van der Waals surface area contributed by atoms with Gasteiger partial charge < -0.3 is 9.84 Å². The zero-order valence-electron chi connectivity index (χ0n) is 14.6. The van der Waals surface area contributed by atoms with Crippen LogP contribution in [0.1, 0.15) is 45.6 Å². The van der Waals surface area contributed by atoms with Crippen LogP contribution in [-0.4, -0.2) is 28.4 Å². The molecule has 0 aliphatic heterocycles. The van der Waals surface area contributed by atoms with Gasteiger partial charge in [0, 0.05) is 29.8 Å². The summed E-state index contributed by atoms with van der Waals surface area (Å²) >= 11 is 1.45. The maximum Gasteiger partial charge on any atom is 0.251 e. The molecule has 0 bridgehead atoms. The fraction of sp³-hybridized carbons (Fsp3) is 0.263. The SMILES string of the molecule is CCc1nc(CCNC(=O)c2ccc(-c3ccc(C(C)=O)s3)cc2)no1. The number of hydrogen-bond donors (Lipinski definition) is 1. The van der Waals surface area contributed by atoms with Crippen LogP contribution < -0.4 is 5.32 Å². The standard InChI is InChI=1S/C19H19N3O3S/c1-3-18-21-17(22-25-18)10-11-20-19(24)14-6-4-13(5-7-14)16-9-8-15(26-16)12(2)23/h4-9H,3,10-11H2,1-2H3,(H,20,24). The minimum absolute atomic E-state index is 0.0601. The number of Topliss-reactive ketones (excluding diaryl/α,β-unsaturated/α-hetero) is 1. The number of rotatable bonds is 7. The quantitative estimate of drug-likeness (QED) is 0.644. The predicted octanol–water partition coefficient (Wildman–Crippen LogP) is 3.54. The molecule has 1 aromatic carbocycles. The summed E-state index contributed by atoms with van der Waals surface area (Å²) in [6.07, 6.45) is 1.22. The van der Waals surface area contributed by atoms with E-state index in [2.05, 4.69) is 15.5 Å². The fourth-order valence-corrected chi connectivity index (χ4v) is 3.30. The summed E-state index contributed by atoms with van der Waals surface area (Å²) in [6, 6.07) is 11.1. The number of benzene rings is 1. The summed E-state index contributed by atoms with van der Waals surface area (Å²) in [5.41, 5.74) is 1.57. The first kappa shape index (κ1) is 18.0. The molecule has 6 nitrogen and oxygen atoms in total. The number of ketones is 1. The van der Waals surface area contributed by atoms with E-state index in [1.165, 1.54) is 11.3 Å². The molecule has 3 rings (SSSR count). The smallest absolute Gasteiger partial charge is 0.251 e. The number of carbonyl (C=O) groups is 2. The lowest BCUT2D eigenvalue weighted by molar-refractivity contribution is 0.0953. The molecule has 0 aliphatic rings. The number of aryl methyl sites for hydroxylation is 1. The van der Waals surface area contributed by atoms with Crippen molar-refractivity contribution >= 4 is 23.0 Å². The molecule has 0 aliphatic carbocycles. The zero-order chi connectivity index (χ0) is 18.5. The summed E-state index contributed by atoms with van der Waals surface area (Å²) < 4.78 is 5.03. The average Bonchev–Trinajstić information content (AvgIpc) is 3.31. The van der Waals surface area contributed by atoms with Gasteiger partial charge in [-0.3, -0.25) is 9.59 Å². The van der Waals surface area contributed by atoms with Gasteiger partial charge in [-0.1, -0.05) is 24.2 Å². The molecule has 2 aromatic heterocycles. The first-order valence-corrected chi connectivity index (χ1v) is 9.19. The first-order valence-electron chi connectivity index (χ1n) is 8.37. The van der Waals surface area contributed by atoms with Crippen molar-refractivity contribution in [3.63, 3.8) is 0 Å². The van der Waals surface area contributed by atoms with E-state index in [1.807, 2.05) is 31.2 Å². The van der Waals surface area contributed by atoms with Gasteiger partial charge >= 0.3 is 0 Å². The number of amides is 1. The Morgan fingerprint density at radius 1 is 1.15 bits per heavy atom.